The lowest BCUT2D eigenvalue weighted by Gasteiger charge is -2.32. The third kappa shape index (κ3) is 4.27. The maximum absolute atomic E-state index is 13.0. The van der Waals surface area contributed by atoms with Crippen LogP contribution in [0.3, 0.4) is 0 Å². The van der Waals surface area contributed by atoms with Crippen LogP contribution in [-0.4, -0.2) is 44.8 Å². The highest BCUT2D eigenvalue weighted by Gasteiger charge is 2.34. The number of aromatic nitrogens is 3. The van der Waals surface area contributed by atoms with E-state index in [9.17, 15) is 22.8 Å². The van der Waals surface area contributed by atoms with Gasteiger partial charge in [-0.1, -0.05) is 13.0 Å². The van der Waals surface area contributed by atoms with Gasteiger partial charge < -0.3 is 15.2 Å². The molecule has 1 unspecified atom stereocenters. The highest BCUT2D eigenvalue weighted by atomic mass is 19.4. The Bertz CT molecular complexity index is 1310. The number of rotatable bonds is 4. The molecule has 34 heavy (non-hydrogen) atoms. The molecule has 1 fully saturated rings. The maximum atomic E-state index is 13.0. The summed E-state index contributed by atoms with van der Waals surface area (Å²) in [7, 11) is 0. The first-order chi connectivity index (χ1) is 16.2. The van der Waals surface area contributed by atoms with Crippen molar-refractivity contribution >= 4 is 34.2 Å². The van der Waals surface area contributed by atoms with Gasteiger partial charge in [0.25, 0.3) is 5.91 Å². The lowest BCUT2D eigenvalue weighted by atomic mass is 9.89. The van der Waals surface area contributed by atoms with Gasteiger partial charge >= 0.3 is 6.18 Å². The van der Waals surface area contributed by atoms with Crippen LogP contribution in [0.2, 0.25) is 0 Å². The van der Waals surface area contributed by atoms with Gasteiger partial charge in [-0.05, 0) is 54.2 Å². The highest BCUT2D eigenvalue weighted by Crippen LogP contribution is 2.35. The van der Waals surface area contributed by atoms with Gasteiger partial charge in [0.1, 0.15) is 17.2 Å². The van der Waals surface area contributed by atoms with Crippen molar-refractivity contribution in [2.75, 3.05) is 18.4 Å². The molecule has 1 aliphatic carbocycles. The summed E-state index contributed by atoms with van der Waals surface area (Å²) in [5.74, 6) is -0.0987. The molecule has 0 bridgehead atoms. The summed E-state index contributed by atoms with van der Waals surface area (Å²) in [4.78, 5) is 37.6. The molecule has 1 aliphatic heterocycles. The van der Waals surface area contributed by atoms with Crippen molar-refractivity contribution in [3.05, 3.63) is 59.6 Å². The molecule has 3 aromatic heterocycles. The number of anilines is 1. The zero-order valence-electron chi connectivity index (χ0n) is 18.3. The van der Waals surface area contributed by atoms with Gasteiger partial charge in [0, 0.05) is 42.4 Å². The number of halogens is 3. The first kappa shape index (κ1) is 22.1. The van der Waals surface area contributed by atoms with Gasteiger partial charge in [0.15, 0.2) is 0 Å². The number of hydrogen-bond donors (Lipinski definition) is 2. The summed E-state index contributed by atoms with van der Waals surface area (Å²) >= 11 is 0. The fourth-order valence-corrected chi connectivity index (χ4v) is 4.27. The zero-order chi connectivity index (χ0) is 24.0. The Morgan fingerprint density at radius 2 is 2.00 bits per heavy atom. The van der Waals surface area contributed by atoms with Crippen LogP contribution in [-0.2, 0) is 11.0 Å². The summed E-state index contributed by atoms with van der Waals surface area (Å²) in [6, 6.07) is 5.83. The van der Waals surface area contributed by atoms with Crippen molar-refractivity contribution in [2.24, 2.45) is 11.8 Å². The average Bonchev–Trinajstić information content (AvgIpc) is 3.55. The van der Waals surface area contributed by atoms with Gasteiger partial charge in [0.2, 0.25) is 5.91 Å². The Morgan fingerprint density at radius 3 is 2.71 bits per heavy atom. The maximum Gasteiger partial charge on any atom is 0.433 e. The molecular weight excluding hydrogens is 447 g/mol. The molecule has 2 amide bonds. The molecule has 3 aromatic rings. The largest absolute Gasteiger partial charge is 0.433 e. The fourth-order valence-electron chi connectivity index (χ4n) is 4.27. The van der Waals surface area contributed by atoms with Crippen molar-refractivity contribution in [1.82, 2.24) is 19.9 Å². The molecule has 7 nitrogen and oxygen atoms in total. The molecule has 5 rings (SSSR count). The molecule has 2 N–H and O–H groups in total. The third-order valence-corrected chi connectivity index (χ3v) is 6.18. The molecular formula is C24H22F3N5O2. The van der Waals surface area contributed by atoms with E-state index in [-0.39, 0.29) is 29.9 Å². The van der Waals surface area contributed by atoms with Crippen molar-refractivity contribution < 1.29 is 22.8 Å². The Morgan fingerprint density at radius 1 is 1.21 bits per heavy atom. The van der Waals surface area contributed by atoms with Crippen LogP contribution in [0.4, 0.5) is 19.0 Å². The number of carbonyl (C=O) groups excluding carboxylic acids is 2. The molecule has 0 spiro atoms. The molecule has 0 radical (unpaired) electrons. The van der Waals surface area contributed by atoms with E-state index in [1.54, 1.807) is 6.20 Å². The molecule has 0 saturated heterocycles. The second-order valence-electron chi connectivity index (χ2n) is 8.76. The molecule has 4 heterocycles. The Labute approximate surface area is 193 Å². The molecule has 1 saturated carbocycles. The van der Waals surface area contributed by atoms with Crippen LogP contribution in [0.1, 0.15) is 41.4 Å². The molecule has 176 valence electrons. The second-order valence-corrected chi connectivity index (χ2v) is 8.76. The Balaban J connectivity index is 1.41. The molecule has 2 aliphatic rings. The van der Waals surface area contributed by atoms with Gasteiger partial charge in [-0.15, -0.1) is 0 Å². The number of nitrogens with zero attached hydrogens (tertiary/aromatic N) is 3. The van der Waals surface area contributed by atoms with E-state index in [4.69, 9.17) is 0 Å². The summed E-state index contributed by atoms with van der Waals surface area (Å²) in [5.41, 5.74) is 1.40. The van der Waals surface area contributed by atoms with Crippen LogP contribution >= 0.6 is 0 Å². The lowest BCUT2D eigenvalue weighted by Crippen LogP contribution is -2.38. The van der Waals surface area contributed by atoms with Crippen LogP contribution in [0.5, 0.6) is 0 Å². The third-order valence-electron chi connectivity index (χ3n) is 6.18. The van der Waals surface area contributed by atoms with Crippen molar-refractivity contribution in [1.29, 1.82) is 0 Å². The number of nitrogens with one attached hydrogen (secondary N) is 2. The predicted octanol–water partition coefficient (Wildman–Crippen LogP) is 4.50. The van der Waals surface area contributed by atoms with E-state index in [1.165, 1.54) is 11.0 Å². The number of H-pyrrole nitrogens is 1. The number of amides is 2. The summed E-state index contributed by atoms with van der Waals surface area (Å²) in [6.45, 7) is 2.55. The van der Waals surface area contributed by atoms with Crippen LogP contribution in [0.25, 0.3) is 16.6 Å². The second kappa shape index (κ2) is 8.27. The first-order valence-corrected chi connectivity index (χ1v) is 11.0. The summed E-state index contributed by atoms with van der Waals surface area (Å²) in [5, 5.41) is 3.78. The van der Waals surface area contributed by atoms with Crippen LogP contribution < -0.4 is 5.32 Å². The number of fused-ring (bicyclic) bond motifs is 1. The van der Waals surface area contributed by atoms with Gasteiger partial charge in [-0.2, -0.15) is 13.2 Å². The Hall–Kier alpha value is -3.69. The van der Waals surface area contributed by atoms with Gasteiger partial charge in [-0.3, -0.25) is 14.6 Å². The number of alkyl halides is 3. The predicted molar refractivity (Wildman–Crippen MR) is 120 cm³/mol. The minimum atomic E-state index is -4.62. The molecule has 10 heteroatoms. The number of pyridine rings is 2. The van der Waals surface area contributed by atoms with Crippen LogP contribution in [0.15, 0.2) is 42.7 Å². The van der Waals surface area contributed by atoms with E-state index in [0.717, 1.165) is 41.6 Å². The first-order valence-electron chi connectivity index (χ1n) is 11.0. The van der Waals surface area contributed by atoms with E-state index in [2.05, 4.69) is 20.3 Å². The Kier molecular flexibility index (Phi) is 5.38. The fraction of sp³-hybridized carbons (Fsp3) is 0.333. The number of hydrogen-bond acceptors (Lipinski definition) is 4. The number of aromatic amines is 1. The average molecular weight is 469 g/mol. The van der Waals surface area contributed by atoms with Crippen molar-refractivity contribution in [3.8, 4) is 0 Å². The van der Waals surface area contributed by atoms with E-state index >= 15 is 0 Å². The van der Waals surface area contributed by atoms with Crippen LogP contribution in [0, 0.1) is 11.8 Å². The minimum Gasteiger partial charge on any atom is -0.346 e. The molecule has 1 atom stereocenters. The van der Waals surface area contributed by atoms with Crippen molar-refractivity contribution in [2.45, 2.75) is 25.9 Å². The van der Waals surface area contributed by atoms with Gasteiger partial charge in [-0.25, -0.2) is 4.98 Å². The zero-order valence-corrected chi connectivity index (χ0v) is 18.3. The molecule has 0 aromatic carbocycles. The minimum absolute atomic E-state index is 0.0395. The van der Waals surface area contributed by atoms with E-state index in [1.807, 2.05) is 25.1 Å². The normalized spacial score (nSPS) is 18.6. The topological polar surface area (TPSA) is 91.0 Å². The standard InChI is InChI=1S/C24H22F3N5O2/c1-13-12-32(23(34)15-4-7-28-19(10-15)24(25,26)27)9-6-16(13)18-11-20(31-22(33)14-2-3-14)30-21-17(18)5-8-29-21/h4-8,10-11,13-14H,2-3,9,12H2,1H3,(H2,29,30,31,33). The number of carbonyl (C=O) groups is 2. The van der Waals surface area contributed by atoms with Crippen molar-refractivity contribution in [3.63, 3.8) is 0 Å². The highest BCUT2D eigenvalue weighted by molar-refractivity contribution is 5.98. The quantitative estimate of drug-likeness (QED) is 0.589. The SMILES string of the molecule is CC1CN(C(=O)c2ccnc(C(F)(F)F)c2)CC=C1c1cc(NC(=O)C2CC2)nc2[nH]ccc12. The van der Waals surface area contributed by atoms with E-state index in [0.29, 0.717) is 18.0 Å². The lowest BCUT2D eigenvalue weighted by molar-refractivity contribution is -0.141. The summed E-state index contributed by atoms with van der Waals surface area (Å²) in [6.07, 6.45) is 1.84. The summed E-state index contributed by atoms with van der Waals surface area (Å²) < 4.78 is 39.0. The van der Waals surface area contributed by atoms with E-state index < -0.39 is 17.8 Å². The van der Waals surface area contributed by atoms with Gasteiger partial charge in [0.05, 0.1) is 0 Å². The monoisotopic (exact) mass is 469 g/mol. The smallest absolute Gasteiger partial charge is 0.346 e.